The van der Waals surface area contributed by atoms with Crippen molar-refractivity contribution in [1.29, 1.82) is 0 Å². The highest BCUT2D eigenvalue weighted by Crippen LogP contribution is 2.52. The van der Waals surface area contributed by atoms with E-state index in [9.17, 15) is 14.8 Å². The molecular formula is C20H28N4O3. The Morgan fingerprint density at radius 3 is 2.52 bits per heavy atom. The van der Waals surface area contributed by atoms with Gasteiger partial charge in [-0.15, -0.1) is 0 Å². The maximum atomic E-state index is 13.2. The predicted molar refractivity (Wildman–Crippen MR) is 98.9 cm³/mol. The summed E-state index contributed by atoms with van der Waals surface area (Å²) in [5.41, 5.74) is 1.43. The van der Waals surface area contributed by atoms with Crippen molar-refractivity contribution in [3.63, 3.8) is 0 Å². The molecule has 0 unspecified atom stereocenters. The van der Waals surface area contributed by atoms with E-state index in [0.29, 0.717) is 30.5 Å². The van der Waals surface area contributed by atoms with Crippen LogP contribution in [0.25, 0.3) is 0 Å². The molecule has 2 atom stereocenters. The fourth-order valence-electron chi connectivity index (χ4n) is 4.68. The van der Waals surface area contributed by atoms with Crippen molar-refractivity contribution >= 4 is 11.8 Å². The van der Waals surface area contributed by atoms with Crippen molar-refractivity contribution in [1.82, 2.24) is 20.3 Å². The molecule has 0 bridgehead atoms. The Labute approximate surface area is 159 Å². The molecule has 2 N–H and O–H groups in total. The van der Waals surface area contributed by atoms with Gasteiger partial charge in [-0.05, 0) is 61.1 Å². The first kappa shape index (κ1) is 18.4. The first-order valence-corrected chi connectivity index (χ1v) is 9.88. The average molecular weight is 372 g/mol. The van der Waals surface area contributed by atoms with Crippen LogP contribution in [0.3, 0.4) is 0 Å². The third-order valence-electron chi connectivity index (χ3n) is 6.60. The van der Waals surface area contributed by atoms with Gasteiger partial charge in [-0.25, -0.2) is 5.06 Å². The molecule has 2 saturated heterocycles. The number of amides is 2. The van der Waals surface area contributed by atoms with Gasteiger partial charge in [0.25, 0.3) is 5.91 Å². The lowest BCUT2D eigenvalue weighted by molar-refractivity contribution is -0.169. The van der Waals surface area contributed by atoms with E-state index in [-0.39, 0.29) is 17.2 Å². The molecule has 2 amide bonds. The van der Waals surface area contributed by atoms with Crippen LogP contribution in [0.2, 0.25) is 0 Å². The average Bonchev–Trinajstić information content (AvgIpc) is 3.46. The minimum atomic E-state index is -0.532. The van der Waals surface area contributed by atoms with Crippen LogP contribution in [0.5, 0.6) is 0 Å². The van der Waals surface area contributed by atoms with Crippen LogP contribution in [-0.4, -0.2) is 64.7 Å². The lowest BCUT2D eigenvalue weighted by Gasteiger charge is -2.40. The predicted octanol–water partition coefficient (Wildman–Crippen LogP) is 1.39. The minimum absolute atomic E-state index is 0.00104. The zero-order valence-corrected chi connectivity index (χ0v) is 15.8. The molecule has 146 valence electrons. The van der Waals surface area contributed by atoms with Gasteiger partial charge in [-0.2, -0.15) is 0 Å². The minimum Gasteiger partial charge on any atom is -0.341 e. The summed E-state index contributed by atoms with van der Waals surface area (Å²) in [6.07, 6.45) is 8.35. The smallest absolute Gasteiger partial charge is 0.250 e. The van der Waals surface area contributed by atoms with Crippen LogP contribution in [0.1, 0.15) is 43.6 Å². The third-order valence-corrected chi connectivity index (χ3v) is 6.60. The van der Waals surface area contributed by atoms with E-state index < -0.39 is 12.0 Å². The van der Waals surface area contributed by atoms with E-state index in [4.69, 9.17) is 0 Å². The molecule has 1 aromatic rings. The van der Waals surface area contributed by atoms with Crippen LogP contribution in [0.4, 0.5) is 0 Å². The Bertz CT molecular complexity index is 696. The zero-order valence-electron chi connectivity index (χ0n) is 15.8. The highest BCUT2D eigenvalue weighted by Gasteiger charge is 2.53. The largest absolute Gasteiger partial charge is 0.341 e. The lowest BCUT2D eigenvalue weighted by atomic mass is 9.80. The van der Waals surface area contributed by atoms with Crippen LogP contribution >= 0.6 is 0 Å². The Hall–Kier alpha value is -1.99. The molecule has 0 aromatic carbocycles. The molecule has 1 spiro atoms. The zero-order chi connectivity index (χ0) is 19.0. The van der Waals surface area contributed by atoms with E-state index in [2.05, 4.69) is 10.3 Å². The second-order valence-electron chi connectivity index (χ2n) is 8.41. The summed E-state index contributed by atoms with van der Waals surface area (Å²) in [6.45, 7) is 2.19. The topological polar surface area (TPSA) is 85.8 Å². The summed E-state index contributed by atoms with van der Waals surface area (Å²) >= 11 is 0. The summed E-state index contributed by atoms with van der Waals surface area (Å²) in [6, 6.07) is 3.56. The van der Waals surface area contributed by atoms with Crippen molar-refractivity contribution in [3.8, 4) is 0 Å². The SMILES string of the molecule is CN(O)C(=O)[C@H]1CC2(CC2)CN[C@@H]1C(=O)N1CCC(c2ccncc2)CC1. The molecule has 1 aromatic heterocycles. The summed E-state index contributed by atoms with van der Waals surface area (Å²) < 4.78 is 0. The van der Waals surface area contributed by atoms with E-state index >= 15 is 0 Å². The van der Waals surface area contributed by atoms with E-state index in [1.807, 2.05) is 29.4 Å². The Morgan fingerprint density at radius 2 is 1.93 bits per heavy atom. The summed E-state index contributed by atoms with van der Waals surface area (Å²) in [5, 5.41) is 13.6. The summed E-state index contributed by atoms with van der Waals surface area (Å²) in [5.74, 6) is -0.397. The van der Waals surface area contributed by atoms with Crippen molar-refractivity contribution in [2.45, 2.75) is 44.1 Å². The maximum absolute atomic E-state index is 13.2. The van der Waals surface area contributed by atoms with Crippen molar-refractivity contribution < 1.29 is 14.8 Å². The van der Waals surface area contributed by atoms with Crippen molar-refractivity contribution in [2.24, 2.45) is 11.3 Å². The number of hydrogen-bond donors (Lipinski definition) is 2. The number of carbonyl (C=O) groups excluding carboxylic acids is 2. The molecule has 3 aliphatic rings. The van der Waals surface area contributed by atoms with Gasteiger partial charge < -0.3 is 10.2 Å². The highest BCUT2D eigenvalue weighted by atomic mass is 16.5. The van der Waals surface area contributed by atoms with Gasteiger partial charge in [0.05, 0.1) is 12.0 Å². The van der Waals surface area contributed by atoms with E-state index in [0.717, 1.165) is 32.2 Å². The molecule has 0 radical (unpaired) electrons. The van der Waals surface area contributed by atoms with Gasteiger partial charge in [0.15, 0.2) is 0 Å². The summed E-state index contributed by atoms with van der Waals surface area (Å²) in [7, 11) is 1.35. The lowest BCUT2D eigenvalue weighted by Crippen LogP contribution is -2.59. The number of carbonyl (C=O) groups is 2. The first-order chi connectivity index (χ1) is 13.0. The molecule has 3 heterocycles. The van der Waals surface area contributed by atoms with Crippen molar-refractivity contribution in [3.05, 3.63) is 30.1 Å². The molecule has 4 rings (SSSR count). The van der Waals surface area contributed by atoms with E-state index in [1.54, 1.807) is 0 Å². The number of likely N-dealkylation sites (tertiary alicyclic amines) is 1. The Balaban J connectivity index is 1.41. The number of pyridine rings is 1. The Morgan fingerprint density at radius 1 is 1.26 bits per heavy atom. The molecule has 2 aliphatic heterocycles. The molecular weight excluding hydrogens is 344 g/mol. The van der Waals surface area contributed by atoms with Gasteiger partial charge in [0.2, 0.25) is 5.91 Å². The fraction of sp³-hybridized carbons (Fsp3) is 0.650. The fourth-order valence-corrected chi connectivity index (χ4v) is 4.68. The summed E-state index contributed by atoms with van der Waals surface area (Å²) in [4.78, 5) is 31.6. The van der Waals surface area contributed by atoms with Gasteiger partial charge in [-0.1, -0.05) is 0 Å². The quantitative estimate of drug-likeness (QED) is 0.619. The number of nitrogens with zero attached hydrogens (tertiary/aromatic N) is 3. The molecule has 1 saturated carbocycles. The monoisotopic (exact) mass is 372 g/mol. The molecule has 7 heteroatoms. The Kier molecular flexibility index (Phi) is 4.90. The van der Waals surface area contributed by atoms with Gasteiger partial charge in [-0.3, -0.25) is 19.8 Å². The van der Waals surface area contributed by atoms with Crippen LogP contribution in [0.15, 0.2) is 24.5 Å². The second kappa shape index (κ2) is 7.20. The number of aromatic nitrogens is 1. The molecule has 7 nitrogen and oxygen atoms in total. The molecule has 1 aliphatic carbocycles. The number of nitrogens with one attached hydrogen (secondary N) is 1. The van der Waals surface area contributed by atoms with Crippen molar-refractivity contribution in [2.75, 3.05) is 26.7 Å². The molecule has 3 fully saturated rings. The third kappa shape index (κ3) is 3.71. The van der Waals surface area contributed by atoms with Crippen LogP contribution in [-0.2, 0) is 9.59 Å². The second-order valence-corrected chi connectivity index (χ2v) is 8.41. The number of hydrogen-bond acceptors (Lipinski definition) is 5. The van der Waals surface area contributed by atoms with Crippen LogP contribution < -0.4 is 5.32 Å². The van der Waals surface area contributed by atoms with Gasteiger partial charge >= 0.3 is 0 Å². The molecule has 27 heavy (non-hydrogen) atoms. The van der Waals surface area contributed by atoms with E-state index in [1.165, 1.54) is 12.6 Å². The van der Waals surface area contributed by atoms with Crippen LogP contribution in [0, 0.1) is 11.3 Å². The number of rotatable bonds is 3. The number of hydroxylamine groups is 2. The normalized spacial score (nSPS) is 27.4. The highest BCUT2D eigenvalue weighted by molar-refractivity contribution is 5.90. The first-order valence-electron chi connectivity index (χ1n) is 9.88. The maximum Gasteiger partial charge on any atom is 0.250 e. The van der Waals surface area contributed by atoms with Gasteiger partial charge in [0.1, 0.15) is 0 Å². The number of piperidine rings is 2. The standard InChI is InChI=1S/C20H28N4O3/c1-23(27)18(25)16-12-20(6-7-20)13-22-17(16)19(26)24-10-4-15(5-11-24)14-2-8-21-9-3-14/h2-3,8-9,15-17,22,27H,4-7,10-13H2,1H3/t16-,17-/m0/s1. The van der Waals surface area contributed by atoms with Gasteiger partial charge in [0, 0.05) is 39.1 Å².